The van der Waals surface area contributed by atoms with E-state index in [9.17, 15) is 4.79 Å². The molecule has 2 rings (SSSR count). The highest BCUT2D eigenvalue weighted by Gasteiger charge is 2.24. The number of hydrogen-bond acceptors (Lipinski definition) is 4. The van der Waals surface area contributed by atoms with Crippen LogP contribution in [-0.4, -0.2) is 32.2 Å². The van der Waals surface area contributed by atoms with Crippen molar-refractivity contribution in [2.45, 2.75) is 25.7 Å². The Balaban J connectivity index is 2.06. The first-order valence-electron chi connectivity index (χ1n) is 6.90. The van der Waals surface area contributed by atoms with Gasteiger partial charge in [-0.2, -0.15) is 0 Å². The van der Waals surface area contributed by atoms with Crippen LogP contribution in [0.4, 0.5) is 0 Å². The maximum Gasteiger partial charge on any atom is 0.221 e. The first-order valence-corrected chi connectivity index (χ1v) is 6.90. The molecule has 1 aliphatic heterocycles. The van der Waals surface area contributed by atoms with E-state index >= 15 is 0 Å². The molecule has 5 nitrogen and oxygen atoms in total. The molecular weight excluding hydrogens is 256 g/mol. The van der Waals surface area contributed by atoms with E-state index in [0.29, 0.717) is 32.7 Å². The summed E-state index contributed by atoms with van der Waals surface area (Å²) in [6.45, 7) is 6.26. The van der Waals surface area contributed by atoms with E-state index in [1.54, 1.807) is 0 Å². The van der Waals surface area contributed by atoms with Crippen LogP contribution < -0.4 is 20.5 Å². The zero-order chi connectivity index (χ0) is 14.6. The Hall–Kier alpha value is -1.75. The highest BCUT2D eigenvalue weighted by Crippen LogP contribution is 2.34. The third-order valence-electron chi connectivity index (χ3n) is 3.42. The predicted octanol–water partition coefficient (Wildman–Crippen LogP) is 1.20. The maximum atomic E-state index is 11.5. The fourth-order valence-electron chi connectivity index (χ4n) is 2.11. The van der Waals surface area contributed by atoms with Crippen LogP contribution in [0.2, 0.25) is 0 Å². The summed E-state index contributed by atoms with van der Waals surface area (Å²) in [6.07, 6.45) is 0.358. The van der Waals surface area contributed by atoms with E-state index in [4.69, 9.17) is 15.2 Å². The molecule has 1 heterocycles. The average molecular weight is 278 g/mol. The molecule has 20 heavy (non-hydrogen) atoms. The third-order valence-corrected chi connectivity index (χ3v) is 3.42. The molecule has 0 radical (unpaired) electrons. The maximum absolute atomic E-state index is 11.5. The van der Waals surface area contributed by atoms with Gasteiger partial charge in [0.05, 0.1) is 0 Å². The summed E-state index contributed by atoms with van der Waals surface area (Å²) in [5, 5.41) is 2.91. The number of hydrogen-bond donors (Lipinski definition) is 2. The fourth-order valence-corrected chi connectivity index (χ4v) is 2.11. The summed E-state index contributed by atoms with van der Waals surface area (Å²) >= 11 is 0. The minimum Gasteiger partial charge on any atom is -0.486 e. The van der Waals surface area contributed by atoms with Gasteiger partial charge in [0.2, 0.25) is 5.91 Å². The Morgan fingerprint density at radius 2 is 2.00 bits per heavy atom. The molecule has 0 bridgehead atoms. The van der Waals surface area contributed by atoms with E-state index in [1.807, 2.05) is 18.2 Å². The number of nitrogens with one attached hydrogen (secondary N) is 1. The number of carbonyl (C=O) groups excluding carboxylic acids is 1. The predicted molar refractivity (Wildman–Crippen MR) is 77.1 cm³/mol. The smallest absolute Gasteiger partial charge is 0.221 e. The largest absolute Gasteiger partial charge is 0.486 e. The molecule has 0 aliphatic carbocycles. The summed E-state index contributed by atoms with van der Waals surface area (Å²) in [5.74, 6) is 1.54. The van der Waals surface area contributed by atoms with Gasteiger partial charge < -0.3 is 20.5 Å². The van der Waals surface area contributed by atoms with Crippen molar-refractivity contribution in [2.24, 2.45) is 5.73 Å². The van der Waals surface area contributed by atoms with Gasteiger partial charge >= 0.3 is 0 Å². The van der Waals surface area contributed by atoms with Crippen LogP contribution in [0.1, 0.15) is 25.8 Å². The van der Waals surface area contributed by atoms with Gasteiger partial charge in [-0.3, -0.25) is 4.79 Å². The normalized spacial score (nSPS) is 13.9. The number of ether oxygens (including phenoxy) is 2. The highest BCUT2D eigenvalue weighted by molar-refractivity contribution is 5.76. The van der Waals surface area contributed by atoms with Crippen molar-refractivity contribution in [1.29, 1.82) is 0 Å². The van der Waals surface area contributed by atoms with Crippen LogP contribution in [0, 0.1) is 0 Å². The van der Waals surface area contributed by atoms with Gasteiger partial charge in [0, 0.05) is 24.9 Å². The highest BCUT2D eigenvalue weighted by atomic mass is 16.6. The summed E-state index contributed by atoms with van der Waals surface area (Å²) in [7, 11) is 0. The summed E-state index contributed by atoms with van der Waals surface area (Å²) in [4.78, 5) is 11.5. The molecule has 3 N–H and O–H groups in total. The van der Waals surface area contributed by atoms with Crippen molar-refractivity contribution in [2.75, 3.05) is 26.3 Å². The standard InChI is InChI=1S/C15H22N2O3/c1-15(2,10-17-14(18)5-6-16)11-3-4-12-13(9-11)20-8-7-19-12/h3-4,9H,5-8,10,16H2,1-2H3,(H,17,18). The van der Waals surface area contributed by atoms with E-state index in [0.717, 1.165) is 17.1 Å². The molecular formula is C15H22N2O3. The molecule has 0 saturated heterocycles. The molecule has 0 aromatic heterocycles. The van der Waals surface area contributed by atoms with Gasteiger partial charge in [-0.15, -0.1) is 0 Å². The zero-order valence-electron chi connectivity index (χ0n) is 12.1. The molecule has 1 aromatic carbocycles. The summed E-state index contributed by atoms with van der Waals surface area (Å²) in [5.41, 5.74) is 6.29. The lowest BCUT2D eigenvalue weighted by Gasteiger charge is -2.27. The first-order chi connectivity index (χ1) is 9.53. The molecule has 5 heteroatoms. The molecule has 1 amide bonds. The van der Waals surface area contributed by atoms with Gasteiger partial charge in [0.25, 0.3) is 0 Å². The van der Waals surface area contributed by atoms with Gasteiger partial charge in [-0.1, -0.05) is 19.9 Å². The lowest BCUT2D eigenvalue weighted by Crippen LogP contribution is -2.37. The Morgan fingerprint density at radius 3 is 2.70 bits per heavy atom. The number of benzene rings is 1. The molecule has 0 saturated carbocycles. The second-order valence-electron chi connectivity index (χ2n) is 5.56. The lowest BCUT2D eigenvalue weighted by atomic mass is 9.84. The summed E-state index contributed by atoms with van der Waals surface area (Å²) < 4.78 is 11.1. The van der Waals surface area contributed by atoms with Crippen molar-refractivity contribution in [3.05, 3.63) is 23.8 Å². The monoisotopic (exact) mass is 278 g/mol. The zero-order valence-corrected chi connectivity index (χ0v) is 12.1. The van der Waals surface area contributed by atoms with Gasteiger partial charge in [-0.05, 0) is 17.7 Å². The van der Waals surface area contributed by atoms with Gasteiger partial charge in [0.1, 0.15) is 13.2 Å². The third kappa shape index (κ3) is 3.42. The van der Waals surface area contributed by atoms with Crippen LogP contribution >= 0.6 is 0 Å². The Kier molecular flexibility index (Phi) is 4.49. The van der Waals surface area contributed by atoms with Crippen molar-refractivity contribution >= 4 is 5.91 Å². The van der Waals surface area contributed by atoms with Crippen LogP contribution in [0.25, 0.3) is 0 Å². The van der Waals surface area contributed by atoms with E-state index in [2.05, 4.69) is 19.2 Å². The topological polar surface area (TPSA) is 73.6 Å². The van der Waals surface area contributed by atoms with Crippen molar-refractivity contribution in [3.8, 4) is 11.5 Å². The number of fused-ring (bicyclic) bond motifs is 1. The van der Waals surface area contributed by atoms with Crippen LogP contribution in [-0.2, 0) is 10.2 Å². The fraction of sp³-hybridized carbons (Fsp3) is 0.533. The molecule has 0 unspecified atom stereocenters. The second-order valence-corrected chi connectivity index (χ2v) is 5.56. The molecule has 0 spiro atoms. The van der Waals surface area contributed by atoms with Gasteiger partial charge in [0.15, 0.2) is 11.5 Å². The Labute approximate surface area is 119 Å². The summed E-state index contributed by atoms with van der Waals surface area (Å²) in [6, 6.07) is 5.93. The van der Waals surface area contributed by atoms with Crippen molar-refractivity contribution in [3.63, 3.8) is 0 Å². The van der Waals surface area contributed by atoms with Crippen molar-refractivity contribution < 1.29 is 14.3 Å². The minimum absolute atomic E-state index is 0.0156. The van der Waals surface area contributed by atoms with Gasteiger partial charge in [-0.25, -0.2) is 0 Å². The molecule has 0 fully saturated rings. The van der Waals surface area contributed by atoms with Crippen LogP contribution in [0.5, 0.6) is 11.5 Å². The van der Waals surface area contributed by atoms with Crippen molar-refractivity contribution in [1.82, 2.24) is 5.32 Å². The van der Waals surface area contributed by atoms with Crippen LogP contribution in [0.15, 0.2) is 18.2 Å². The molecule has 110 valence electrons. The SMILES string of the molecule is CC(C)(CNC(=O)CCN)c1ccc2c(c1)OCCO2. The van der Waals surface area contributed by atoms with E-state index in [1.165, 1.54) is 0 Å². The second kappa shape index (κ2) is 6.13. The number of carbonyl (C=O) groups is 1. The number of nitrogens with two attached hydrogens (primary N) is 1. The Bertz CT molecular complexity index is 486. The lowest BCUT2D eigenvalue weighted by molar-refractivity contribution is -0.121. The molecule has 1 aliphatic rings. The molecule has 0 atom stereocenters. The quantitative estimate of drug-likeness (QED) is 0.849. The minimum atomic E-state index is -0.180. The first kappa shape index (κ1) is 14.7. The number of rotatable bonds is 5. The van der Waals surface area contributed by atoms with E-state index in [-0.39, 0.29) is 11.3 Å². The number of amides is 1. The van der Waals surface area contributed by atoms with E-state index < -0.39 is 0 Å². The Morgan fingerprint density at radius 1 is 1.30 bits per heavy atom. The average Bonchev–Trinajstić information content (AvgIpc) is 2.45. The van der Waals surface area contributed by atoms with Crippen LogP contribution in [0.3, 0.4) is 0 Å². The molecule has 1 aromatic rings.